The van der Waals surface area contributed by atoms with Crippen LogP contribution in [0.2, 0.25) is 0 Å². The van der Waals surface area contributed by atoms with E-state index in [0.29, 0.717) is 0 Å². The molecule has 0 spiro atoms. The smallest absolute Gasteiger partial charge is 0.442 e. The number of amides is 1. The van der Waals surface area contributed by atoms with Crippen molar-refractivity contribution in [1.82, 2.24) is 5.06 Å². The second kappa shape index (κ2) is 3.86. The van der Waals surface area contributed by atoms with Crippen molar-refractivity contribution >= 4 is 12.6 Å². The Morgan fingerprint density at radius 3 is 2.36 bits per heavy atom. The highest BCUT2D eigenvalue weighted by Gasteiger charge is 2.37. The highest BCUT2D eigenvalue weighted by atomic mass is 16.7. The molecule has 0 heterocycles. The van der Waals surface area contributed by atoms with Gasteiger partial charge >= 0.3 is 12.6 Å². The van der Waals surface area contributed by atoms with Gasteiger partial charge in [-0.25, -0.2) is 4.79 Å². The van der Waals surface area contributed by atoms with Crippen LogP contribution in [0.4, 0.5) is 4.79 Å². The van der Waals surface area contributed by atoms with Crippen LogP contribution in [0.15, 0.2) is 0 Å². The summed E-state index contributed by atoms with van der Waals surface area (Å²) < 4.78 is 5.06. The molecule has 0 aromatic heterocycles. The number of ether oxygens (including phenoxy) is 1. The van der Waals surface area contributed by atoms with Crippen LogP contribution in [0.3, 0.4) is 0 Å². The lowest BCUT2D eigenvalue weighted by atomic mass is 10.2. The minimum absolute atomic E-state index is 0.00458. The summed E-state index contributed by atoms with van der Waals surface area (Å²) in [4.78, 5) is 26.1. The molecule has 1 saturated carbocycles. The molecule has 0 N–H and O–H groups in total. The minimum atomic E-state index is -0.605. The quantitative estimate of drug-likeness (QED) is 0.512. The first kappa shape index (κ1) is 10.8. The van der Waals surface area contributed by atoms with Crippen molar-refractivity contribution in [3.8, 4) is 0 Å². The van der Waals surface area contributed by atoms with Gasteiger partial charge in [0.25, 0.3) is 0 Å². The maximum atomic E-state index is 11.5. The van der Waals surface area contributed by atoms with Gasteiger partial charge in [0.2, 0.25) is 0 Å². The van der Waals surface area contributed by atoms with Gasteiger partial charge in [-0.05, 0) is 33.6 Å². The fraction of sp³-hybridized carbons (Fsp3) is 0.778. The van der Waals surface area contributed by atoms with Crippen molar-refractivity contribution in [3.05, 3.63) is 0 Å². The Balaban J connectivity index is 2.50. The van der Waals surface area contributed by atoms with Crippen LogP contribution in [-0.2, 0) is 14.4 Å². The molecule has 5 nitrogen and oxygen atoms in total. The first-order valence-electron chi connectivity index (χ1n) is 4.56. The average Bonchev–Trinajstić information content (AvgIpc) is 2.78. The molecule has 14 heavy (non-hydrogen) atoms. The summed E-state index contributed by atoms with van der Waals surface area (Å²) in [5.74, 6) is 0. The molecule has 0 aliphatic heterocycles. The van der Waals surface area contributed by atoms with Gasteiger partial charge in [-0.15, -0.1) is 5.06 Å². The Kier molecular flexibility index (Phi) is 2.98. The van der Waals surface area contributed by atoms with Crippen LogP contribution in [0.5, 0.6) is 0 Å². The molecule has 0 radical (unpaired) electrons. The van der Waals surface area contributed by atoms with Crippen molar-refractivity contribution < 1.29 is 19.2 Å². The van der Waals surface area contributed by atoms with E-state index in [4.69, 9.17) is 4.74 Å². The van der Waals surface area contributed by atoms with Gasteiger partial charge in [0.1, 0.15) is 5.60 Å². The summed E-state index contributed by atoms with van der Waals surface area (Å²) in [6, 6.07) is -0.00458. The Morgan fingerprint density at radius 1 is 1.43 bits per heavy atom. The van der Waals surface area contributed by atoms with E-state index in [2.05, 4.69) is 4.84 Å². The minimum Gasteiger partial charge on any atom is -0.442 e. The normalized spacial score (nSPS) is 15.9. The SMILES string of the molecule is CC(C)(C)OC(=O)N(OC=O)C1CC1. The number of hydrogen-bond acceptors (Lipinski definition) is 4. The fourth-order valence-corrected chi connectivity index (χ4v) is 0.940. The monoisotopic (exact) mass is 201 g/mol. The largest absolute Gasteiger partial charge is 0.444 e. The predicted molar refractivity (Wildman–Crippen MR) is 48.2 cm³/mol. The van der Waals surface area contributed by atoms with E-state index in [-0.39, 0.29) is 12.5 Å². The Hall–Kier alpha value is -1.26. The van der Waals surface area contributed by atoms with Crippen LogP contribution < -0.4 is 0 Å². The van der Waals surface area contributed by atoms with E-state index in [0.717, 1.165) is 17.9 Å². The molecule has 0 saturated heterocycles. The predicted octanol–water partition coefficient (Wildman–Crippen LogP) is 1.47. The number of hydrogen-bond donors (Lipinski definition) is 0. The second-order valence-electron chi connectivity index (χ2n) is 4.24. The lowest BCUT2D eigenvalue weighted by Gasteiger charge is -2.24. The highest BCUT2D eigenvalue weighted by molar-refractivity contribution is 5.68. The molecule has 1 rings (SSSR count). The molecular formula is C9H15NO4. The molecule has 0 aromatic carbocycles. The second-order valence-corrected chi connectivity index (χ2v) is 4.24. The zero-order chi connectivity index (χ0) is 10.8. The topological polar surface area (TPSA) is 55.8 Å². The first-order chi connectivity index (χ1) is 6.44. The molecule has 1 fully saturated rings. The lowest BCUT2D eigenvalue weighted by Crippen LogP contribution is -2.38. The van der Waals surface area contributed by atoms with E-state index in [1.165, 1.54) is 0 Å². The summed E-state index contributed by atoms with van der Waals surface area (Å²) in [7, 11) is 0. The van der Waals surface area contributed by atoms with Gasteiger partial charge < -0.3 is 9.57 Å². The van der Waals surface area contributed by atoms with E-state index in [1.54, 1.807) is 20.8 Å². The van der Waals surface area contributed by atoms with Crippen molar-refractivity contribution in [3.63, 3.8) is 0 Å². The van der Waals surface area contributed by atoms with E-state index in [9.17, 15) is 9.59 Å². The van der Waals surface area contributed by atoms with Crippen LogP contribution >= 0.6 is 0 Å². The van der Waals surface area contributed by atoms with Gasteiger partial charge in [-0.1, -0.05) is 0 Å². The molecule has 1 aliphatic carbocycles. The number of nitrogens with zero attached hydrogens (tertiary/aromatic N) is 1. The van der Waals surface area contributed by atoms with Crippen LogP contribution in [0.25, 0.3) is 0 Å². The summed E-state index contributed by atoms with van der Waals surface area (Å²) in [5, 5.41) is 0.998. The van der Waals surface area contributed by atoms with Gasteiger partial charge in [0.05, 0.1) is 6.04 Å². The van der Waals surface area contributed by atoms with E-state index in [1.807, 2.05) is 0 Å². The van der Waals surface area contributed by atoms with Gasteiger partial charge in [0, 0.05) is 0 Å². The third-order valence-electron chi connectivity index (χ3n) is 1.61. The maximum absolute atomic E-state index is 11.5. The molecule has 0 atom stereocenters. The molecule has 0 aromatic rings. The molecule has 80 valence electrons. The van der Waals surface area contributed by atoms with Gasteiger partial charge in [-0.2, -0.15) is 0 Å². The number of rotatable bonds is 3. The number of hydroxylamine groups is 2. The Morgan fingerprint density at radius 2 is 2.00 bits per heavy atom. The number of carbonyl (C=O) groups is 2. The third-order valence-corrected chi connectivity index (χ3v) is 1.61. The summed E-state index contributed by atoms with van der Waals surface area (Å²) >= 11 is 0. The first-order valence-corrected chi connectivity index (χ1v) is 4.56. The van der Waals surface area contributed by atoms with Gasteiger partial charge in [0.15, 0.2) is 0 Å². The summed E-state index contributed by atoms with van der Waals surface area (Å²) in [6.07, 6.45) is 1.10. The zero-order valence-corrected chi connectivity index (χ0v) is 8.65. The Labute approximate surface area is 82.9 Å². The van der Waals surface area contributed by atoms with Crippen molar-refractivity contribution in [1.29, 1.82) is 0 Å². The molecule has 0 bridgehead atoms. The summed E-state index contributed by atoms with van der Waals surface area (Å²) in [5.41, 5.74) is -0.573. The number of carbonyl (C=O) groups excluding carboxylic acids is 2. The van der Waals surface area contributed by atoms with Crippen LogP contribution in [0.1, 0.15) is 33.6 Å². The zero-order valence-electron chi connectivity index (χ0n) is 8.65. The van der Waals surface area contributed by atoms with Crippen molar-refractivity contribution in [2.24, 2.45) is 0 Å². The van der Waals surface area contributed by atoms with Crippen molar-refractivity contribution in [2.75, 3.05) is 0 Å². The average molecular weight is 201 g/mol. The fourth-order valence-electron chi connectivity index (χ4n) is 0.940. The maximum Gasteiger partial charge on any atom is 0.444 e. The van der Waals surface area contributed by atoms with Crippen LogP contribution in [-0.4, -0.2) is 29.3 Å². The standard InChI is InChI=1S/C9H15NO4/c1-9(2,3)14-8(12)10(13-6-11)7-4-5-7/h6-7H,4-5H2,1-3H3. The molecule has 1 amide bonds. The molecule has 0 unspecified atom stereocenters. The lowest BCUT2D eigenvalue weighted by molar-refractivity contribution is -0.170. The Bertz CT molecular complexity index is 229. The molecule has 5 heteroatoms. The van der Waals surface area contributed by atoms with Gasteiger partial charge in [-0.3, -0.25) is 4.79 Å². The van der Waals surface area contributed by atoms with Crippen LogP contribution in [0, 0.1) is 0 Å². The highest BCUT2D eigenvalue weighted by Crippen LogP contribution is 2.28. The molecular weight excluding hydrogens is 186 g/mol. The van der Waals surface area contributed by atoms with E-state index < -0.39 is 11.7 Å². The van der Waals surface area contributed by atoms with Crippen molar-refractivity contribution in [2.45, 2.75) is 45.3 Å². The van der Waals surface area contributed by atoms with E-state index >= 15 is 0 Å². The molecule has 1 aliphatic rings. The third kappa shape index (κ3) is 3.24. The summed E-state index contributed by atoms with van der Waals surface area (Å²) in [6.45, 7) is 5.52.